The van der Waals surface area contributed by atoms with Crippen LogP contribution in [0.15, 0.2) is 84.6 Å². The van der Waals surface area contributed by atoms with E-state index >= 15 is 0 Å². The molecule has 0 saturated carbocycles. The first-order valence-electron chi connectivity index (χ1n) is 9.33. The first-order valence-corrected chi connectivity index (χ1v) is 9.71. The highest BCUT2D eigenvalue weighted by molar-refractivity contribution is 6.46. The van der Waals surface area contributed by atoms with Crippen molar-refractivity contribution in [2.45, 2.75) is 0 Å². The van der Waals surface area contributed by atoms with Gasteiger partial charge in [0, 0.05) is 23.3 Å². The van der Waals surface area contributed by atoms with E-state index in [1.807, 2.05) is 42.5 Å². The molecule has 0 aliphatic carbocycles. The predicted molar refractivity (Wildman–Crippen MR) is 119 cm³/mol. The fourth-order valence-electron chi connectivity index (χ4n) is 3.55. The van der Waals surface area contributed by atoms with Gasteiger partial charge in [0.15, 0.2) is 0 Å². The van der Waals surface area contributed by atoms with E-state index in [2.05, 4.69) is 0 Å². The number of hydrogen-bond donors (Lipinski definition) is 0. The Labute approximate surface area is 179 Å². The molecular formula is C24H19ClN2O3. The number of amides is 2. The number of rotatable bonds is 5. The molecule has 0 radical (unpaired) electrons. The number of nitrogens with zero attached hydrogens (tertiary/aromatic N) is 2. The smallest absolute Gasteiger partial charge is 0.282 e. The number of anilines is 2. The van der Waals surface area contributed by atoms with E-state index in [0.29, 0.717) is 22.0 Å². The van der Waals surface area contributed by atoms with Crippen molar-refractivity contribution in [1.82, 2.24) is 0 Å². The van der Waals surface area contributed by atoms with Gasteiger partial charge in [-0.3, -0.25) is 9.59 Å². The average molecular weight is 419 g/mol. The molecule has 1 aliphatic heterocycles. The molecule has 0 saturated heterocycles. The summed E-state index contributed by atoms with van der Waals surface area (Å²) in [6, 6.07) is 23.3. The third-order valence-corrected chi connectivity index (χ3v) is 5.22. The monoisotopic (exact) mass is 418 g/mol. The van der Waals surface area contributed by atoms with Crippen LogP contribution in [-0.2, 0) is 9.59 Å². The number of ether oxygens (including phenoxy) is 1. The molecule has 4 rings (SSSR count). The summed E-state index contributed by atoms with van der Waals surface area (Å²) in [7, 11) is 3.31. The molecule has 1 aliphatic rings. The number of para-hydroxylation sites is 2. The molecule has 150 valence electrons. The van der Waals surface area contributed by atoms with Crippen molar-refractivity contribution >= 4 is 40.4 Å². The zero-order chi connectivity index (χ0) is 21.3. The number of benzene rings is 3. The van der Waals surface area contributed by atoms with Crippen LogP contribution in [0.4, 0.5) is 11.4 Å². The summed E-state index contributed by atoms with van der Waals surface area (Å²) < 4.78 is 5.48. The topological polar surface area (TPSA) is 49.9 Å². The summed E-state index contributed by atoms with van der Waals surface area (Å²) in [5, 5.41) is 0.441. The van der Waals surface area contributed by atoms with Gasteiger partial charge in [0.1, 0.15) is 11.4 Å². The summed E-state index contributed by atoms with van der Waals surface area (Å²) in [6.45, 7) is 0. The molecule has 0 unspecified atom stereocenters. The molecule has 1 heterocycles. The first kappa shape index (κ1) is 19.7. The summed E-state index contributed by atoms with van der Waals surface area (Å²) >= 11 is 6.12. The summed E-state index contributed by atoms with van der Waals surface area (Å²) in [5.41, 5.74) is 2.32. The zero-order valence-electron chi connectivity index (χ0n) is 16.5. The van der Waals surface area contributed by atoms with Gasteiger partial charge in [-0.1, -0.05) is 54.1 Å². The molecule has 30 heavy (non-hydrogen) atoms. The van der Waals surface area contributed by atoms with Crippen LogP contribution in [0.5, 0.6) is 5.75 Å². The van der Waals surface area contributed by atoms with Gasteiger partial charge in [-0.15, -0.1) is 0 Å². The largest absolute Gasteiger partial charge is 0.496 e. The van der Waals surface area contributed by atoms with Crippen LogP contribution in [0.2, 0.25) is 5.02 Å². The second-order valence-corrected chi connectivity index (χ2v) is 7.18. The minimum atomic E-state index is -0.426. The number of carbonyl (C=O) groups is 2. The molecule has 0 fully saturated rings. The summed E-state index contributed by atoms with van der Waals surface area (Å²) in [4.78, 5) is 30.0. The maximum absolute atomic E-state index is 13.6. The van der Waals surface area contributed by atoms with Crippen molar-refractivity contribution in [2.75, 3.05) is 24.0 Å². The Morgan fingerprint density at radius 2 is 1.57 bits per heavy atom. The Morgan fingerprint density at radius 3 is 2.27 bits per heavy atom. The van der Waals surface area contributed by atoms with E-state index in [0.717, 1.165) is 10.6 Å². The molecule has 5 nitrogen and oxygen atoms in total. The highest BCUT2D eigenvalue weighted by Gasteiger charge is 2.43. The Hall–Kier alpha value is -3.57. The van der Waals surface area contributed by atoms with Gasteiger partial charge in [0.2, 0.25) is 0 Å². The van der Waals surface area contributed by atoms with Crippen LogP contribution in [0, 0.1) is 0 Å². The first-order chi connectivity index (χ1) is 14.5. The molecule has 0 N–H and O–H groups in total. The molecule has 0 spiro atoms. The maximum atomic E-state index is 13.6. The van der Waals surface area contributed by atoms with E-state index in [-0.39, 0.29) is 11.3 Å². The number of carbonyl (C=O) groups excluding carboxylic acids is 2. The lowest BCUT2D eigenvalue weighted by atomic mass is 10.0. The number of methoxy groups -OCH3 is 1. The minimum Gasteiger partial charge on any atom is -0.496 e. The Bertz CT molecular complexity index is 1160. The van der Waals surface area contributed by atoms with Gasteiger partial charge in [0.25, 0.3) is 11.8 Å². The summed E-state index contributed by atoms with van der Waals surface area (Å²) in [6.07, 6.45) is 0. The normalized spacial score (nSPS) is 13.8. The lowest BCUT2D eigenvalue weighted by molar-refractivity contribution is -0.120. The van der Waals surface area contributed by atoms with Crippen LogP contribution >= 0.6 is 11.6 Å². The van der Waals surface area contributed by atoms with Gasteiger partial charge < -0.3 is 9.64 Å². The van der Waals surface area contributed by atoms with Crippen LogP contribution in [0.1, 0.15) is 5.56 Å². The fraction of sp³-hybridized carbons (Fsp3) is 0.0833. The maximum Gasteiger partial charge on any atom is 0.282 e. The van der Waals surface area contributed by atoms with Crippen LogP contribution in [0.25, 0.3) is 5.57 Å². The van der Waals surface area contributed by atoms with Gasteiger partial charge in [-0.2, -0.15) is 0 Å². The fourth-order valence-corrected chi connectivity index (χ4v) is 3.74. The highest BCUT2D eigenvalue weighted by Crippen LogP contribution is 2.39. The second-order valence-electron chi connectivity index (χ2n) is 6.74. The molecule has 2 amide bonds. The summed E-state index contributed by atoms with van der Waals surface area (Å²) in [5.74, 6) is -0.334. The number of likely N-dealkylation sites (N-methyl/N-ethyl adjacent to an activating group) is 1. The molecule has 0 bridgehead atoms. The quantitative estimate of drug-likeness (QED) is 0.560. The Balaban J connectivity index is 1.92. The van der Waals surface area contributed by atoms with Crippen molar-refractivity contribution in [3.05, 3.63) is 95.1 Å². The van der Waals surface area contributed by atoms with Crippen LogP contribution < -0.4 is 14.5 Å². The van der Waals surface area contributed by atoms with Gasteiger partial charge >= 0.3 is 0 Å². The average Bonchev–Trinajstić information content (AvgIpc) is 3.03. The van der Waals surface area contributed by atoms with E-state index in [1.165, 1.54) is 7.11 Å². The van der Waals surface area contributed by atoms with E-state index in [1.54, 1.807) is 48.3 Å². The van der Waals surface area contributed by atoms with E-state index < -0.39 is 11.8 Å². The molecule has 6 heteroatoms. The molecular weight excluding hydrogens is 400 g/mol. The van der Waals surface area contributed by atoms with Crippen molar-refractivity contribution in [1.29, 1.82) is 0 Å². The number of halogens is 1. The number of hydrogen-bond acceptors (Lipinski definition) is 4. The van der Waals surface area contributed by atoms with Crippen LogP contribution in [0.3, 0.4) is 0 Å². The highest BCUT2D eigenvalue weighted by atomic mass is 35.5. The van der Waals surface area contributed by atoms with Crippen molar-refractivity contribution < 1.29 is 14.3 Å². The molecule has 3 aromatic rings. The molecule has 3 aromatic carbocycles. The third kappa shape index (κ3) is 3.33. The number of imide groups is 1. The molecule has 0 atom stereocenters. The predicted octanol–water partition coefficient (Wildman–Crippen LogP) is 4.77. The van der Waals surface area contributed by atoms with Crippen molar-refractivity contribution in [3.8, 4) is 5.75 Å². The van der Waals surface area contributed by atoms with Crippen molar-refractivity contribution in [3.63, 3.8) is 0 Å². The minimum absolute atomic E-state index is 0.274. The van der Waals surface area contributed by atoms with Crippen molar-refractivity contribution in [2.24, 2.45) is 0 Å². The Morgan fingerprint density at radius 1 is 0.867 bits per heavy atom. The van der Waals surface area contributed by atoms with E-state index in [4.69, 9.17) is 16.3 Å². The second kappa shape index (κ2) is 8.05. The van der Waals surface area contributed by atoms with E-state index in [9.17, 15) is 9.59 Å². The SMILES string of the molecule is COc1ccccc1C1=C(N(C)c2ccccc2)C(=O)N(c2cccc(Cl)c2)C1=O. The third-order valence-electron chi connectivity index (χ3n) is 4.98. The van der Waals surface area contributed by atoms with Gasteiger partial charge in [0.05, 0.1) is 18.4 Å². The van der Waals surface area contributed by atoms with Crippen LogP contribution in [-0.4, -0.2) is 26.0 Å². The lowest BCUT2D eigenvalue weighted by Gasteiger charge is -2.21. The zero-order valence-corrected chi connectivity index (χ0v) is 17.3. The standard InChI is InChI=1S/C24H19ClN2O3/c1-26(17-10-4-3-5-11-17)22-21(19-13-6-7-14-20(19)30-2)23(28)27(24(22)29)18-12-8-9-16(25)15-18/h3-15H,1-2H3. The Kier molecular flexibility index (Phi) is 5.29. The van der Waals surface area contributed by atoms with Gasteiger partial charge in [-0.25, -0.2) is 4.90 Å². The van der Waals surface area contributed by atoms with Gasteiger partial charge in [-0.05, 0) is 36.4 Å². The lowest BCUT2D eigenvalue weighted by Crippen LogP contribution is -2.34. The molecule has 0 aromatic heterocycles.